The summed E-state index contributed by atoms with van der Waals surface area (Å²) in [6.45, 7) is 0. The highest BCUT2D eigenvalue weighted by molar-refractivity contribution is 6.13. The van der Waals surface area contributed by atoms with Gasteiger partial charge in [0.15, 0.2) is 0 Å². The molecule has 3 aromatic heterocycles. The Labute approximate surface area is 377 Å². The molecule has 0 spiro atoms. The van der Waals surface area contributed by atoms with E-state index in [1.54, 1.807) is 0 Å². The van der Waals surface area contributed by atoms with Crippen LogP contribution in [0.1, 0.15) is 46.6 Å². The van der Waals surface area contributed by atoms with Gasteiger partial charge in [0.2, 0.25) is 0 Å². The Bertz CT molecular complexity index is 5420. The zero-order valence-corrected chi connectivity index (χ0v) is 28.4. The van der Waals surface area contributed by atoms with E-state index in [-0.39, 0.29) is 0 Å². The first kappa shape index (κ1) is 13.0. The third kappa shape index (κ3) is 4.79. The van der Waals surface area contributed by atoms with Gasteiger partial charge >= 0.3 is 0 Å². The molecule has 12 aromatic rings. The predicted molar refractivity (Wildman–Crippen MR) is 240 cm³/mol. The van der Waals surface area contributed by atoms with Crippen molar-refractivity contribution in [3.05, 3.63) is 212 Å². The molecule has 0 saturated carbocycles. The van der Waals surface area contributed by atoms with Gasteiger partial charge in [-0.1, -0.05) is 145 Å². The number of hydrogen-bond donors (Lipinski definition) is 0. The summed E-state index contributed by atoms with van der Waals surface area (Å²) in [6, 6.07) is -32.6. The van der Waals surface area contributed by atoms with E-state index in [0.717, 1.165) is 10.6 Å². The Morgan fingerprint density at radius 3 is 1.58 bits per heavy atom. The molecule has 0 unspecified atom stereocenters. The number of nitrogens with zero attached hydrogens (tertiary/aromatic N) is 3. The standard InChI is InChI=1S/C54H35N3/c1-2-15-36(16-3-1)37-29-32-53-47(34-37)45-23-8-11-26-50(45)55(53)40-30-31-46-44-22-5-10-25-49(44)56(54(46)35-40)39-18-14-17-38(33-39)41-19-4-9-24-48(41)57-51-27-12-6-20-42(51)43-21-7-13-28-52(43)57/h1-35H/i1D,2D,3D,4D,5D,6D,7D,8D,9D,10D,11D,12D,13D,14D,15D,16D,17D,18D,19D,20D,21D,22D,23D,24D,25D,27D,28D,29D,30D,31D,32D,33D,34D,35D. The highest BCUT2D eigenvalue weighted by Gasteiger charge is 2.19. The lowest BCUT2D eigenvalue weighted by molar-refractivity contribution is 1.15. The smallest absolute Gasteiger partial charge is 0.0667 e. The second kappa shape index (κ2) is 12.5. The van der Waals surface area contributed by atoms with Gasteiger partial charge in [0.25, 0.3) is 0 Å². The van der Waals surface area contributed by atoms with Gasteiger partial charge in [-0.05, 0) is 83.2 Å². The van der Waals surface area contributed by atoms with Gasteiger partial charge < -0.3 is 13.7 Å². The fourth-order valence-electron chi connectivity index (χ4n) is 7.01. The molecule has 0 fully saturated rings. The zero-order chi connectivity index (χ0) is 67.0. The van der Waals surface area contributed by atoms with Gasteiger partial charge in [0, 0.05) is 49.3 Å². The Balaban J connectivity index is 1.31. The van der Waals surface area contributed by atoms with Crippen molar-refractivity contribution in [2.75, 3.05) is 0 Å². The van der Waals surface area contributed by atoms with Crippen molar-refractivity contribution in [2.45, 2.75) is 0 Å². The molecule has 57 heavy (non-hydrogen) atoms. The average Bonchev–Trinajstić information content (AvgIpc) is 1.56. The SMILES string of the molecule is [2H]c1cc2c(c([2H])c1[2H])c1c([2H])c(-c3c([2H])c([2H])c([2H])c([2H])c3[2H])c([2H])c([2H])c1n2-c1c([2H])c([2H])c2c3c([2H])c([2H])c([2H])c([2H])c3n(-c3c([2H])c([2H])c([2H])c(-c4c([2H])c([2H])c([2H])c([2H])c4-n4c5c([2H])c([2H])c([2H])c([2H])c5c5c([2H])c([2H])c([2H])c([2H])c54)c3[2H])c2c1[2H]. The summed E-state index contributed by atoms with van der Waals surface area (Å²) >= 11 is 0. The van der Waals surface area contributed by atoms with E-state index in [2.05, 4.69) is 0 Å². The van der Waals surface area contributed by atoms with E-state index in [1.807, 2.05) is 0 Å². The molecule has 0 aliphatic heterocycles. The Hall–Kier alpha value is -7.62. The van der Waals surface area contributed by atoms with Gasteiger partial charge in [-0.25, -0.2) is 0 Å². The minimum atomic E-state index is -1.24. The first-order chi connectivity index (χ1) is 42.4. The number of fused-ring (bicyclic) bond motifs is 9. The number of rotatable bonds is 5. The Morgan fingerprint density at radius 1 is 0.281 bits per heavy atom. The van der Waals surface area contributed by atoms with Gasteiger partial charge in [0.1, 0.15) is 0 Å². The first-order valence-electron chi connectivity index (χ1n) is 33.8. The minimum absolute atomic E-state index is 0.476. The normalized spacial score (nSPS) is 20.2. The van der Waals surface area contributed by atoms with Crippen LogP contribution in [0.15, 0.2) is 212 Å². The molecule has 0 amide bonds. The molecule has 0 N–H and O–H groups in total. The van der Waals surface area contributed by atoms with Gasteiger partial charge in [0.05, 0.1) is 85.4 Å². The highest BCUT2D eigenvalue weighted by Crippen LogP contribution is 2.40. The summed E-state index contributed by atoms with van der Waals surface area (Å²) in [5.74, 6) is 0. The van der Waals surface area contributed by atoms with Crippen LogP contribution in [0.5, 0.6) is 0 Å². The molecule has 0 atom stereocenters. The van der Waals surface area contributed by atoms with Crippen LogP contribution >= 0.6 is 0 Å². The van der Waals surface area contributed by atoms with Crippen molar-refractivity contribution in [1.29, 1.82) is 0 Å². The first-order valence-corrected chi connectivity index (χ1v) is 16.8. The maximum absolute atomic E-state index is 10.3. The third-order valence-electron chi connectivity index (χ3n) is 9.36. The van der Waals surface area contributed by atoms with Crippen LogP contribution < -0.4 is 0 Å². The van der Waals surface area contributed by atoms with Gasteiger partial charge in [-0.3, -0.25) is 0 Å². The van der Waals surface area contributed by atoms with E-state index in [1.165, 1.54) is 0 Å². The van der Waals surface area contributed by atoms with E-state index < -0.39 is 310 Å². The lowest BCUT2D eigenvalue weighted by Gasteiger charge is -2.16. The van der Waals surface area contributed by atoms with Crippen molar-refractivity contribution in [2.24, 2.45) is 0 Å². The molecule has 0 bridgehead atoms. The van der Waals surface area contributed by atoms with Crippen molar-refractivity contribution in [1.82, 2.24) is 13.7 Å². The van der Waals surface area contributed by atoms with E-state index in [9.17, 15) is 23.3 Å². The molecule has 0 saturated heterocycles. The minimum Gasteiger partial charge on any atom is -0.309 e. The van der Waals surface area contributed by atoms with E-state index in [4.69, 9.17) is 23.3 Å². The fourth-order valence-corrected chi connectivity index (χ4v) is 7.01. The van der Waals surface area contributed by atoms with Crippen molar-refractivity contribution in [3.63, 3.8) is 0 Å². The molecule has 3 heterocycles. The largest absolute Gasteiger partial charge is 0.309 e. The van der Waals surface area contributed by atoms with Crippen LogP contribution in [0.4, 0.5) is 0 Å². The second-order valence-corrected chi connectivity index (χ2v) is 12.3. The molecule has 266 valence electrons. The number of hydrogen-bond acceptors (Lipinski definition) is 0. The van der Waals surface area contributed by atoms with E-state index in [0.29, 0.717) is 9.13 Å². The fraction of sp³-hybridized carbons (Fsp3) is 0. The number of aromatic nitrogens is 3. The maximum atomic E-state index is 10.3. The highest BCUT2D eigenvalue weighted by atomic mass is 15.0. The van der Waals surface area contributed by atoms with Crippen LogP contribution in [-0.4, -0.2) is 13.7 Å². The monoisotopic (exact) mass is 759 g/mol. The van der Waals surface area contributed by atoms with Crippen LogP contribution in [-0.2, 0) is 0 Å². The molecule has 0 aliphatic carbocycles. The summed E-state index contributed by atoms with van der Waals surface area (Å²) in [6.07, 6.45) is 0. The van der Waals surface area contributed by atoms with Crippen LogP contribution in [0.3, 0.4) is 0 Å². The molecule has 0 radical (unpaired) electrons. The lowest BCUT2D eigenvalue weighted by Crippen LogP contribution is -1.99. The maximum Gasteiger partial charge on any atom is 0.0667 e. The summed E-state index contributed by atoms with van der Waals surface area (Å²) in [5.41, 5.74) is -10.5. The Morgan fingerprint density at radius 2 is 0.825 bits per heavy atom. The molecule has 3 nitrogen and oxygen atoms in total. The predicted octanol–water partition coefficient (Wildman–Crippen LogP) is 14.3. The zero-order valence-electron chi connectivity index (χ0n) is 62.4. The van der Waals surface area contributed by atoms with Crippen molar-refractivity contribution >= 4 is 65.4 Å². The van der Waals surface area contributed by atoms with Gasteiger partial charge in [-0.15, -0.1) is 0 Å². The third-order valence-corrected chi connectivity index (χ3v) is 9.36. The quantitative estimate of drug-likeness (QED) is 0.166. The van der Waals surface area contributed by atoms with Crippen molar-refractivity contribution < 1.29 is 46.6 Å². The van der Waals surface area contributed by atoms with Crippen LogP contribution in [0.2, 0.25) is 0 Å². The van der Waals surface area contributed by atoms with Crippen molar-refractivity contribution in [3.8, 4) is 39.3 Å². The summed E-state index contributed by atoms with van der Waals surface area (Å²) in [7, 11) is 0. The molecule has 9 aromatic carbocycles. The van der Waals surface area contributed by atoms with Gasteiger partial charge in [-0.2, -0.15) is 0 Å². The number of para-hydroxylation sites is 5. The van der Waals surface area contributed by atoms with Crippen LogP contribution in [0, 0.1) is 0 Å². The second-order valence-electron chi connectivity index (χ2n) is 12.3. The lowest BCUT2D eigenvalue weighted by atomic mass is 10.0. The summed E-state index contributed by atoms with van der Waals surface area (Å²) in [5, 5.41) is -3.59. The summed E-state index contributed by atoms with van der Waals surface area (Å²) in [4.78, 5) is 0. The topological polar surface area (TPSA) is 14.8 Å². The average molecular weight is 760 g/mol. The number of benzene rings is 9. The molecule has 12 rings (SSSR count). The molecular weight excluding hydrogens is 691 g/mol. The molecule has 0 aliphatic rings. The Kier molecular flexibility index (Phi) is 2.84. The summed E-state index contributed by atoms with van der Waals surface area (Å²) < 4.78 is 313. The van der Waals surface area contributed by atoms with E-state index >= 15 is 0 Å². The molecular formula is C54H35N3. The van der Waals surface area contributed by atoms with Crippen LogP contribution in [0.25, 0.3) is 105 Å². The molecule has 3 heteroatoms.